The summed E-state index contributed by atoms with van der Waals surface area (Å²) in [5, 5.41) is 0. The molecule has 1 heteroatoms. The third kappa shape index (κ3) is 0.966. The number of hydrogen-bond acceptors (Lipinski definition) is 1. The largest absolute Gasteiger partial charge is 0.295 e. The Balaban J connectivity index is 2.17. The van der Waals surface area contributed by atoms with Gasteiger partial charge in [0.15, 0.2) is 5.78 Å². The molecule has 2 atom stereocenters. The molecular weight excluding hydrogens is 160 g/mol. The lowest BCUT2D eigenvalue weighted by Gasteiger charge is -2.01. The zero-order valence-electron chi connectivity index (χ0n) is 7.23. The minimum Gasteiger partial charge on any atom is -0.295 e. The van der Waals surface area contributed by atoms with Gasteiger partial charge in [-0.3, -0.25) is 4.79 Å². The molecule has 0 bridgehead atoms. The SMILES string of the molecule is O=C1C=Cc2ccccc2[C@H]2C[C@@H]12. The minimum atomic E-state index is 0.292. The van der Waals surface area contributed by atoms with Crippen molar-refractivity contribution in [3.63, 3.8) is 0 Å². The Morgan fingerprint density at radius 2 is 1.92 bits per heavy atom. The van der Waals surface area contributed by atoms with Gasteiger partial charge in [-0.1, -0.05) is 30.3 Å². The molecule has 0 aromatic heterocycles. The molecule has 0 saturated heterocycles. The summed E-state index contributed by atoms with van der Waals surface area (Å²) in [6.07, 6.45) is 4.74. The summed E-state index contributed by atoms with van der Waals surface area (Å²) in [6.45, 7) is 0. The first-order valence-electron chi connectivity index (χ1n) is 4.67. The lowest BCUT2D eigenvalue weighted by molar-refractivity contribution is -0.115. The van der Waals surface area contributed by atoms with Crippen LogP contribution >= 0.6 is 0 Å². The van der Waals surface area contributed by atoms with E-state index in [1.54, 1.807) is 6.08 Å². The van der Waals surface area contributed by atoms with Gasteiger partial charge in [0.2, 0.25) is 0 Å². The molecular formula is C12H10O. The van der Waals surface area contributed by atoms with Crippen LogP contribution in [0, 0.1) is 5.92 Å². The molecule has 0 spiro atoms. The van der Waals surface area contributed by atoms with Crippen molar-refractivity contribution in [2.75, 3.05) is 0 Å². The average Bonchev–Trinajstić information content (AvgIpc) is 2.93. The molecule has 1 aromatic carbocycles. The van der Waals surface area contributed by atoms with Gasteiger partial charge in [0.1, 0.15) is 0 Å². The quantitative estimate of drug-likeness (QED) is 0.584. The van der Waals surface area contributed by atoms with E-state index in [2.05, 4.69) is 18.2 Å². The van der Waals surface area contributed by atoms with Crippen LogP contribution in [0.3, 0.4) is 0 Å². The van der Waals surface area contributed by atoms with Gasteiger partial charge in [-0.15, -0.1) is 0 Å². The summed E-state index contributed by atoms with van der Waals surface area (Å²) < 4.78 is 0. The fraction of sp³-hybridized carbons (Fsp3) is 0.250. The number of fused-ring (bicyclic) bond motifs is 3. The molecule has 0 radical (unpaired) electrons. The molecule has 0 aliphatic heterocycles. The Bertz CT molecular complexity index is 403. The van der Waals surface area contributed by atoms with Crippen LogP contribution in [0.2, 0.25) is 0 Å². The zero-order chi connectivity index (χ0) is 8.84. The van der Waals surface area contributed by atoms with Crippen molar-refractivity contribution < 1.29 is 4.79 Å². The van der Waals surface area contributed by atoms with Crippen LogP contribution in [-0.2, 0) is 4.79 Å². The van der Waals surface area contributed by atoms with E-state index >= 15 is 0 Å². The van der Waals surface area contributed by atoms with Crippen LogP contribution in [0.4, 0.5) is 0 Å². The van der Waals surface area contributed by atoms with E-state index in [1.165, 1.54) is 11.1 Å². The maximum Gasteiger partial charge on any atom is 0.159 e. The Morgan fingerprint density at radius 3 is 2.85 bits per heavy atom. The summed E-state index contributed by atoms with van der Waals surface area (Å²) in [5.41, 5.74) is 2.58. The van der Waals surface area contributed by atoms with Gasteiger partial charge in [-0.2, -0.15) is 0 Å². The van der Waals surface area contributed by atoms with E-state index < -0.39 is 0 Å². The highest BCUT2D eigenvalue weighted by Crippen LogP contribution is 2.50. The third-order valence-electron chi connectivity index (χ3n) is 2.98. The van der Waals surface area contributed by atoms with Crippen molar-refractivity contribution in [2.45, 2.75) is 12.3 Å². The summed E-state index contributed by atoms with van der Waals surface area (Å²) in [7, 11) is 0. The molecule has 2 aliphatic carbocycles. The summed E-state index contributed by atoms with van der Waals surface area (Å²) >= 11 is 0. The molecule has 3 rings (SSSR count). The van der Waals surface area contributed by atoms with Gasteiger partial charge in [0, 0.05) is 5.92 Å². The molecule has 2 aliphatic rings. The van der Waals surface area contributed by atoms with Crippen LogP contribution in [0.5, 0.6) is 0 Å². The normalized spacial score (nSPS) is 29.1. The number of hydrogen-bond donors (Lipinski definition) is 0. The number of rotatable bonds is 0. The second kappa shape index (κ2) is 2.32. The standard InChI is InChI=1S/C12H10O/c13-12-6-5-8-3-1-2-4-9(8)10-7-11(10)12/h1-6,10-11H,7H2/t10-,11-/m1/s1. The molecule has 1 nitrogen and oxygen atoms in total. The Morgan fingerprint density at radius 1 is 1.08 bits per heavy atom. The number of carbonyl (C=O) groups excluding carboxylic acids is 1. The van der Waals surface area contributed by atoms with Gasteiger partial charge in [-0.05, 0) is 29.5 Å². The predicted octanol–water partition coefficient (Wildman–Crippen LogP) is 2.39. The Kier molecular flexibility index (Phi) is 1.26. The molecule has 0 N–H and O–H groups in total. The molecule has 64 valence electrons. The van der Waals surface area contributed by atoms with Crippen LogP contribution in [0.25, 0.3) is 6.08 Å². The molecule has 0 unspecified atom stereocenters. The summed E-state index contributed by atoms with van der Waals surface area (Å²) in [4.78, 5) is 11.4. The molecule has 1 aromatic rings. The van der Waals surface area contributed by atoms with Crippen LogP contribution in [-0.4, -0.2) is 5.78 Å². The maximum atomic E-state index is 11.4. The fourth-order valence-electron chi connectivity index (χ4n) is 2.15. The molecule has 0 heterocycles. The minimum absolute atomic E-state index is 0.292. The second-order valence-corrected chi connectivity index (χ2v) is 3.81. The number of benzene rings is 1. The van der Waals surface area contributed by atoms with Crippen molar-refractivity contribution in [1.29, 1.82) is 0 Å². The lowest BCUT2D eigenvalue weighted by atomic mass is 10.0. The molecule has 0 amide bonds. The highest BCUT2D eigenvalue weighted by Gasteiger charge is 2.44. The van der Waals surface area contributed by atoms with Gasteiger partial charge >= 0.3 is 0 Å². The predicted molar refractivity (Wildman–Crippen MR) is 51.3 cm³/mol. The first-order valence-corrected chi connectivity index (χ1v) is 4.67. The lowest BCUT2D eigenvalue weighted by Crippen LogP contribution is -1.94. The van der Waals surface area contributed by atoms with Gasteiger partial charge < -0.3 is 0 Å². The van der Waals surface area contributed by atoms with E-state index in [4.69, 9.17) is 0 Å². The van der Waals surface area contributed by atoms with Crippen molar-refractivity contribution in [1.82, 2.24) is 0 Å². The number of ketones is 1. The van der Waals surface area contributed by atoms with Gasteiger partial charge in [0.25, 0.3) is 0 Å². The topological polar surface area (TPSA) is 17.1 Å². The van der Waals surface area contributed by atoms with Gasteiger partial charge in [-0.25, -0.2) is 0 Å². The molecule has 1 saturated carbocycles. The van der Waals surface area contributed by atoms with E-state index in [1.807, 2.05) is 12.1 Å². The van der Waals surface area contributed by atoms with Crippen molar-refractivity contribution >= 4 is 11.9 Å². The Hall–Kier alpha value is -1.37. The second-order valence-electron chi connectivity index (χ2n) is 3.81. The average molecular weight is 170 g/mol. The van der Waals surface area contributed by atoms with Crippen LogP contribution in [0.15, 0.2) is 30.3 Å². The highest BCUT2D eigenvalue weighted by atomic mass is 16.1. The van der Waals surface area contributed by atoms with Crippen molar-refractivity contribution in [3.8, 4) is 0 Å². The summed E-state index contributed by atoms with van der Waals surface area (Å²) in [5.74, 6) is 1.11. The highest BCUT2D eigenvalue weighted by molar-refractivity contribution is 5.99. The van der Waals surface area contributed by atoms with Crippen LogP contribution < -0.4 is 0 Å². The molecule has 1 fully saturated rings. The van der Waals surface area contributed by atoms with Crippen LogP contribution in [0.1, 0.15) is 23.5 Å². The van der Waals surface area contributed by atoms with E-state index in [0.717, 1.165) is 6.42 Å². The third-order valence-corrected chi connectivity index (χ3v) is 2.98. The van der Waals surface area contributed by atoms with Gasteiger partial charge in [0.05, 0.1) is 0 Å². The monoisotopic (exact) mass is 170 g/mol. The number of carbonyl (C=O) groups is 1. The van der Waals surface area contributed by atoms with E-state index in [9.17, 15) is 4.79 Å². The smallest absolute Gasteiger partial charge is 0.159 e. The molecule has 13 heavy (non-hydrogen) atoms. The van der Waals surface area contributed by atoms with E-state index in [0.29, 0.717) is 17.6 Å². The number of allylic oxidation sites excluding steroid dienone is 1. The maximum absolute atomic E-state index is 11.4. The first kappa shape index (κ1) is 7.07. The zero-order valence-corrected chi connectivity index (χ0v) is 7.23. The van der Waals surface area contributed by atoms with Crippen molar-refractivity contribution in [3.05, 3.63) is 41.5 Å². The first-order chi connectivity index (χ1) is 6.36. The Labute approximate surface area is 77.1 Å². The fourth-order valence-corrected chi connectivity index (χ4v) is 2.15. The van der Waals surface area contributed by atoms with E-state index in [-0.39, 0.29) is 0 Å². The summed E-state index contributed by atoms with van der Waals surface area (Å²) in [6, 6.07) is 8.30. The van der Waals surface area contributed by atoms with Crippen molar-refractivity contribution in [2.24, 2.45) is 5.92 Å².